The zero-order valence-electron chi connectivity index (χ0n) is 11.8. The maximum atomic E-state index is 12.2. The largest absolute Gasteiger partial charge is 0.342 e. The smallest absolute Gasteiger partial charge is 0.236 e. The van der Waals surface area contributed by atoms with Crippen molar-refractivity contribution < 1.29 is 4.79 Å². The van der Waals surface area contributed by atoms with Crippen LogP contribution in [0, 0.1) is 0 Å². The second-order valence-electron chi connectivity index (χ2n) is 5.59. The van der Waals surface area contributed by atoms with Crippen LogP contribution < -0.4 is 0 Å². The van der Waals surface area contributed by atoms with E-state index in [1.165, 1.54) is 18.4 Å². The minimum Gasteiger partial charge on any atom is -0.342 e. The van der Waals surface area contributed by atoms with Crippen LogP contribution in [-0.2, 0) is 4.79 Å². The van der Waals surface area contributed by atoms with Gasteiger partial charge in [-0.05, 0) is 18.4 Å². The van der Waals surface area contributed by atoms with E-state index >= 15 is 0 Å². The molecular formula is C16H22N2OS. The molecule has 3 nitrogen and oxygen atoms in total. The average Bonchev–Trinajstić information content (AvgIpc) is 3.03. The predicted molar refractivity (Wildman–Crippen MR) is 83.9 cm³/mol. The first kappa shape index (κ1) is 14.0. The lowest BCUT2D eigenvalue weighted by Crippen LogP contribution is -2.43. The number of hydrogen-bond donors (Lipinski definition) is 0. The van der Waals surface area contributed by atoms with Gasteiger partial charge in [-0.1, -0.05) is 30.3 Å². The maximum absolute atomic E-state index is 12.2. The molecule has 108 valence electrons. The van der Waals surface area contributed by atoms with Crippen LogP contribution in [0.25, 0.3) is 0 Å². The maximum Gasteiger partial charge on any atom is 0.236 e. The molecule has 2 heterocycles. The van der Waals surface area contributed by atoms with E-state index in [0.29, 0.717) is 17.7 Å². The Kier molecular flexibility index (Phi) is 4.63. The van der Waals surface area contributed by atoms with Crippen LogP contribution in [0.3, 0.4) is 0 Å². The third-order valence-corrected chi connectivity index (χ3v) is 5.38. The van der Waals surface area contributed by atoms with Gasteiger partial charge in [-0.15, -0.1) is 0 Å². The molecule has 3 rings (SSSR count). The Morgan fingerprint density at radius 2 is 1.90 bits per heavy atom. The minimum atomic E-state index is 0.321. The Morgan fingerprint density at radius 3 is 2.65 bits per heavy atom. The van der Waals surface area contributed by atoms with E-state index in [4.69, 9.17) is 0 Å². The number of likely N-dealkylation sites (tertiary alicyclic amines) is 1. The highest BCUT2D eigenvalue weighted by Gasteiger charge is 2.25. The summed E-state index contributed by atoms with van der Waals surface area (Å²) in [5.41, 5.74) is 1.39. The molecule has 1 amide bonds. The minimum absolute atomic E-state index is 0.321. The molecule has 0 aromatic heterocycles. The normalized spacial score (nSPS) is 24.0. The van der Waals surface area contributed by atoms with Gasteiger partial charge in [0.15, 0.2) is 0 Å². The Labute approximate surface area is 125 Å². The van der Waals surface area contributed by atoms with E-state index in [9.17, 15) is 4.79 Å². The number of carbonyl (C=O) groups excluding carboxylic acids is 1. The summed E-state index contributed by atoms with van der Waals surface area (Å²) in [6.07, 6.45) is 2.35. The van der Waals surface area contributed by atoms with Gasteiger partial charge >= 0.3 is 0 Å². The van der Waals surface area contributed by atoms with E-state index in [1.54, 1.807) is 0 Å². The number of nitrogens with zero attached hydrogens (tertiary/aromatic N) is 2. The predicted octanol–water partition coefficient (Wildman–Crippen LogP) is 2.40. The summed E-state index contributed by atoms with van der Waals surface area (Å²) in [7, 11) is 0. The van der Waals surface area contributed by atoms with E-state index in [-0.39, 0.29) is 0 Å². The highest BCUT2D eigenvalue weighted by Crippen LogP contribution is 2.32. The van der Waals surface area contributed by atoms with Crippen LogP contribution in [0.5, 0.6) is 0 Å². The highest BCUT2D eigenvalue weighted by molar-refractivity contribution is 7.99. The van der Waals surface area contributed by atoms with E-state index < -0.39 is 0 Å². The van der Waals surface area contributed by atoms with Gasteiger partial charge in [-0.25, -0.2) is 0 Å². The van der Waals surface area contributed by atoms with Crippen molar-refractivity contribution in [2.45, 2.75) is 18.1 Å². The first-order valence-corrected chi connectivity index (χ1v) is 8.54. The van der Waals surface area contributed by atoms with Crippen molar-refractivity contribution in [1.82, 2.24) is 9.80 Å². The summed E-state index contributed by atoms with van der Waals surface area (Å²) in [4.78, 5) is 16.6. The van der Waals surface area contributed by atoms with Gasteiger partial charge in [-0.2, -0.15) is 11.8 Å². The summed E-state index contributed by atoms with van der Waals surface area (Å²) >= 11 is 2.01. The summed E-state index contributed by atoms with van der Waals surface area (Å²) < 4.78 is 0. The zero-order valence-corrected chi connectivity index (χ0v) is 12.6. The Bertz CT molecular complexity index is 445. The van der Waals surface area contributed by atoms with Crippen LogP contribution >= 0.6 is 11.8 Å². The van der Waals surface area contributed by atoms with Crippen LogP contribution in [0.4, 0.5) is 0 Å². The molecule has 0 unspecified atom stereocenters. The fourth-order valence-corrected chi connectivity index (χ4v) is 4.29. The van der Waals surface area contributed by atoms with Crippen LogP contribution in [-0.4, -0.2) is 54.2 Å². The van der Waals surface area contributed by atoms with Gasteiger partial charge in [0.2, 0.25) is 5.91 Å². The molecular weight excluding hydrogens is 268 g/mol. The molecule has 0 bridgehead atoms. The standard InChI is InChI=1S/C16H22N2OS/c19-16(18-8-4-5-9-18)13-17-10-11-20-15(12-17)14-6-2-1-3-7-14/h1-3,6-7,15H,4-5,8-13H2/t15-/m0/s1. The van der Waals surface area contributed by atoms with E-state index in [0.717, 1.165) is 31.9 Å². The van der Waals surface area contributed by atoms with Gasteiger partial charge in [0.1, 0.15) is 0 Å². The number of amides is 1. The monoisotopic (exact) mass is 290 g/mol. The summed E-state index contributed by atoms with van der Waals surface area (Å²) in [6.45, 7) is 4.55. The van der Waals surface area contributed by atoms with Gasteiger partial charge in [0.05, 0.1) is 6.54 Å². The topological polar surface area (TPSA) is 23.6 Å². The fraction of sp³-hybridized carbons (Fsp3) is 0.562. The van der Waals surface area contributed by atoms with Crippen molar-refractivity contribution in [2.24, 2.45) is 0 Å². The van der Waals surface area contributed by atoms with Gasteiger partial charge in [-0.3, -0.25) is 9.69 Å². The second kappa shape index (κ2) is 6.64. The Morgan fingerprint density at radius 1 is 1.15 bits per heavy atom. The molecule has 2 fully saturated rings. The van der Waals surface area contributed by atoms with Crippen LogP contribution in [0.2, 0.25) is 0 Å². The second-order valence-corrected chi connectivity index (χ2v) is 6.90. The lowest BCUT2D eigenvalue weighted by Gasteiger charge is -2.33. The summed E-state index contributed by atoms with van der Waals surface area (Å²) in [5, 5.41) is 0.510. The molecule has 20 heavy (non-hydrogen) atoms. The third-order valence-electron chi connectivity index (χ3n) is 4.14. The highest BCUT2D eigenvalue weighted by atomic mass is 32.2. The summed E-state index contributed by atoms with van der Waals surface area (Å²) in [6, 6.07) is 10.7. The van der Waals surface area contributed by atoms with E-state index in [2.05, 4.69) is 35.2 Å². The van der Waals surface area contributed by atoms with E-state index in [1.807, 2.05) is 16.7 Å². The van der Waals surface area contributed by atoms with Gasteiger partial charge in [0, 0.05) is 37.2 Å². The molecule has 0 radical (unpaired) electrons. The first-order chi connectivity index (χ1) is 9.83. The van der Waals surface area contributed by atoms with Crippen molar-refractivity contribution in [3.63, 3.8) is 0 Å². The lowest BCUT2D eigenvalue weighted by molar-refractivity contribution is -0.131. The molecule has 2 aliphatic rings. The fourth-order valence-electron chi connectivity index (χ4n) is 2.97. The molecule has 1 aromatic carbocycles. The molecule has 1 atom stereocenters. The first-order valence-electron chi connectivity index (χ1n) is 7.49. The molecule has 0 N–H and O–H groups in total. The Balaban J connectivity index is 1.56. The summed E-state index contributed by atoms with van der Waals surface area (Å²) in [5.74, 6) is 1.44. The molecule has 0 spiro atoms. The zero-order chi connectivity index (χ0) is 13.8. The molecule has 4 heteroatoms. The van der Waals surface area contributed by atoms with Crippen LogP contribution in [0.1, 0.15) is 23.7 Å². The van der Waals surface area contributed by atoms with Crippen molar-refractivity contribution in [2.75, 3.05) is 38.5 Å². The van der Waals surface area contributed by atoms with Crippen molar-refractivity contribution in [3.8, 4) is 0 Å². The Hall–Kier alpha value is -1.00. The van der Waals surface area contributed by atoms with Crippen molar-refractivity contribution in [1.29, 1.82) is 0 Å². The lowest BCUT2D eigenvalue weighted by atomic mass is 10.1. The SMILES string of the molecule is O=C(CN1CCS[C@H](c2ccccc2)C1)N1CCCC1. The molecule has 0 saturated carbocycles. The van der Waals surface area contributed by atoms with Crippen molar-refractivity contribution >= 4 is 17.7 Å². The number of carbonyl (C=O) groups is 1. The van der Waals surface area contributed by atoms with Crippen molar-refractivity contribution in [3.05, 3.63) is 35.9 Å². The number of benzene rings is 1. The number of rotatable bonds is 3. The number of hydrogen-bond acceptors (Lipinski definition) is 3. The molecule has 2 aliphatic heterocycles. The third kappa shape index (κ3) is 3.36. The molecule has 0 aliphatic carbocycles. The van der Waals surface area contributed by atoms with Gasteiger partial charge in [0.25, 0.3) is 0 Å². The number of thioether (sulfide) groups is 1. The van der Waals surface area contributed by atoms with Gasteiger partial charge < -0.3 is 4.90 Å². The van der Waals surface area contributed by atoms with Crippen LogP contribution in [0.15, 0.2) is 30.3 Å². The quantitative estimate of drug-likeness (QED) is 0.854. The average molecular weight is 290 g/mol. The molecule has 1 aromatic rings. The molecule has 2 saturated heterocycles.